The van der Waals surface area contributed by atoms with E-state index in [2.05, 4.69) is 5.32 Å². The number of rotatable bonds is 13. The minimum Gasteiger partial charge on any atom is -0.495 e. The third-order valence-corrected chi connectivity index (χ3v) is 7.52. The van der Waals surface area contributed by atoms with Crippen LogP contribution < -0.4 is 10.1 Å². The van der Waals surface area contributed by atoms with Crippen LogP contribution in [0.5, 0.6) is 5.75 Å². The van der Waals surface area contributed by atoms with Crippen molar-refractivity contribution in [1.82, 2.24) is 0 Å². The molecule has 49 heavy (non-hydrogen) atoms. The van der Waals surface area contributed by atoms with Gasteiger partial charge in [0.1, 0.15) is 12.4 Å². The van der Waals surface area contributed by atoms with Crippen LogP contribution in [0.1, 0.15) is 40.9 Å². The molecule has 0 atom stereocenters. The first-order valence-electron chi connectivity index (χ1n) is 15.2. The smallest absolute Gasteiger partial charge is 0.416 e. The van der Waals surface area contributed by atoms with Gasteiger partial charge in [0.2, 0.25) is 5.41 Å². The number of carbonyl (C=O) groups excluding carboxylic acids is 4. The summed E-state index contributed by atoms with van der Waals surface area (Å²) in [5, 5.41) is 2.75. The van der Waals surface area contributed by atoms with E-state index in [9.17, 15) is 32.3 Å². The molecule has 256 valence electrons. The van der Waals surface area contributed by atoms with E-state index in [1.54, 1.807) is 74.5 Å². The second kappa shape index (κ2) is 16.0. The van der Waals surface area contributed by atoms with E-state index in [0.29, 0.717) is 16.7 Å². The highest BCUT2D eigenvalue weighted by molar-refractivity contribution is 6.09. The van der Waals surface area contributed by atoms with Gasteiger partial charge in [0.25, 0.3) is 5.91 Å². The van der Waals surface area contributed by atoms with Crippen LogP contribution in [0.2, 0.25) is 0 Å². The van der Waals surface area contributed by atoms with Gasteiger partial charge in [0.15, 0.2) is 0 Å². The van der Waals surface area contributed by atoms with Gasteiger partial charge in [-0.05, 0) is 66.4 Å². The Hall–Kier alpha value is -5.65. The molecule has 0 radical (unpaired) electrons. The second-order valence-corrected chi connectivity index (χ2v) is 10.7. The van der Waals surface area contributed by atoms with Crippen molar-refractivity contribution in [3.63, 3.8) is 0 Å². The molecule has 0 aliphatic heterocycles. The quantitative estimate of drug-likeness (QED) is 0.0935. The van der Waals surface area contributed by atoms with Crippen LogP contribution in [-0.4, -0.2) is 50.7 Å². The van der Waals surface area contributed by atoms with E-state index in [1.165, 1.54) is 31.4 Å². The van der Waals surface area contributed by atoms with Crippen LogP contribution in [0.15, 0.2) is 97.1 Å². The summed E-state index contributed by atoms with van der Waals surface area (Å²) in [6, 6.07) is 23.6. The Labute approximate surface area is 280 Å². The van der Waals surface area contributed by atoms with Crippen LogP contribution in [0.3, 0.4) is 0 Å². The highest BCUT2D eigenvalue weighted by Crippen LogP contribution is 2.33. The summed E-state index contributed by atoms with van der Waals surface area (Å²) in [7, 11) is 1.37. The average Bonchev–Trinajstić information content (AvgIpc) is 3.09. The number of halogens is 3. The Bertz CT molecular complexity index is 1770. The summed E-state index contributed by atoms with van der Waals surface area (Å²) in [5.74, 6) is -2.94. The average molecular weight is 678 g/mol. The first-order valence-corrected chi connectivity index (χ1v) is 15.2. The molecule has 0 saturated carbocycles. The van der Waals surface area contributed by atoms with Crippen LogP contribution in [0.25, 0.3) is 11.1 Å². The third kappa shape index (κ3) is 8.45. The summed E-state index contributed by atoms with van der Waals surface area (Å²) in [6.45, 7) is 2.45. The van der Waals surface area contributed by atoms with Gasteiger partial charge in [-0.1, -0.05) is 66.7 Å². The summed E-state index contributed by atoms with van der Waals surface area (Å²) >= 11 is 0. The van der Waals surface area contributed by atoms with Gasteiger partial charge in [0, 0.05) is 5.56 Å². The zero-order valence-electron chi connectivity index (χ0n) is 27.0. The van der Waals surface area contributed by atoms with E-state index in [0.717, 1.165) is 12.1 Å². The van der Waals surface area contributed by atoms with Crippen molar-refractivity contribution in [2.24, 2.45) is 0 Å². The number of anilines is 1. The van der Waals surface area contributed by atoms with Crippen molar-refractivity contribution in [3.05, 3.63) is 119 Å². The number of hydrogen-bond donors (Lipinski definition) is 1. The largest absolute Gasteiger partial charge is 0.495 e. The fraction of sp³-hybridized carbons (Fsp3) is 0.243. The Morgan fingerprint density at radius 3 is 1.92 bits per heavy atom. The monoisotopic (exact) mass is 677 g/mol. The van der Waals surface area contributed by atoms with Crippen molar-refractivity contribution >= 4 is 29.5 Å². The first kappa shape index (κ1) is 36.2. The third-order valence-electron chi connectivity index (χ3n) is 7.52. The molecule has 0 fully saturated rings. The van der Waals surface area contributed by atoms with Crippen LogP contribution >= 0.6 is 0 Å². The number of methoxy groups -OCH3 is 1. The minimum atomic E-state index is -4.49. The number of hydrogen-bond acceptors (Lipinski definition) is 8. The molecule has 0 bridgehead atoms. The molecule has 9 nitrogen and oxygen atoms in total. The molecule has 0 heterocycles. The lowest BCUT2D eigenvalue weighted by molar-refractivity contribution is -0.170. The second-order valence-electron chi connectivity index (χ2n) is 10.7. The minimum absolute atomic E-state index is 0.0237. The van der Waals surface area contributed by atoms with Crippen molar-refractivity contribution in [2.75, 3.05) is 32.2 Å². The van der Waals surface area contributed by atoms with Gasteiger partial charge in [0.05, 0.1) is 38.0 Å². The lowest BCUT2D eigenvalue weighted by atomic mass is 9.81. The lowest BCUT2D eigenvalue weighted by Crippen LogP contribution is -2.50. The molecule has 4 aromatic rings. The Kier molecular flexibility index (Phi) is 11.8. The lowest BCUT2D eigenvalue weighted by Gasteiger charge is -2.29. The molecule has 4 aromatic carbocycles. The van der Waals surface area contributed by atoms with Gasteiger partial charge >= 0.3 is 24.1 Å². The number of carbonyl (C=O) groups is 4. The SMILES string of the molecule is CCOC(=O)C(COC(=O)Cc1ccc(NC(=O)c2ccccc2-c2ccc(C(F)(F)F)cc2)c(OC)c1)(C(=O)OCC)c1ccccc1. The van der Waals surface area contributed by atoms with Crippen molar-refractivity contribution in [1.29, 1.82) is 0 Å². The number of amides is 1. The van der Waals surface area contributed by atoms with Crippen LogP contribution in [0, 0.1) is 0 Å². The first-order chi connectivity index (χ1) is 23.4. The zero-order chi connectivity index (χ0) is 35.6. The van der Waals surface area contributed by atoms with E-state index in [4.69, 9.17) is 18.9 Å². The molecule has 12 heteroatoms. The van der Waals surface area contributed by atoms with E-state index >= 15 is 0 Å². The molecule has 0 saturated heterocycles. The fourth-order valence-corrected chi connectivity index (χ4v) is 5.07. The number of nitrogens with one attached hydrogen (secondary N) is 1. The summed E-state index contributed by atoms with van der Waals surface area (Å²) in [4.78, 5) is 52.8. The fourth-order valence-electron chi connectivity index (χ4n) is 5.07. The highest BCUT2D eigenvalue weighted by atomic mass is 19.4. The predicted molar refractivity (Wildman–Crippen MR) is 174 cm³/mol. The Morgan fingerprint density at radius 1 is 0.714 bits per heavy atom. The van der Waals surface area contributed by atoms with E-state index < -0.39 is 47.6 Å². The standard InChI is InChI=1S/C37H34F3NO8/c1-4-47-34(44)36(35(45)48-5-2,26-11-7-6-8-12-26)23-49-32(42)22-24-15-20-30(31(21-24)46-3)41-33(43)29-14-10-9-13-28(29)25-16-18-27(19-17-25)37(38,39)40/h6-21H,4-5,22-23H2,1-3H3,(H,41,43). The van der Waals surface area contributed by atoms with Crippen LogP contribution in [-0.2, 0) is 46.6 Å². The normalized spacial score (nSPS) is 11.3. The topological polar surface area (TPSA) is 117 Å². The predicted octanol–water partition coefficient (Wildman–Crippen LogP) is 6.78. The number of ether oxygens (including phenoxy) is 4. The number of benzene rings is 4. The molecule has 1 amide bonds. The highest BCUT2D eigenvalue weighted by Gasteiger charge is 2.52. The molecule has 0 unspecified atom stereocenters. The molecule has 0 aliphatic carbocycles. The van der Waals surface area contributed by atoms with Gasteiger partial charge in [-0.25, -0.2) is 0 Å². The zero-order valence-corrected chi connectivity index (χ0v) is 27.0. The van der Waals surface area contributed by atoms with Gasteiger partial charge in [-0.15, -0.1) is 0 Å². The maximum Gasteiger partial charge on any atom is 0.416 e. The Morgan fingerprint density at radius 2 is 1.33 bits per heavy atom. The molecular formula is C37H34F3NO8. The van der Waals surface area contributed by atoms with E-state index in [-0.39, 0.29) is 42.2 Å². The van der Waals surface area contributed by atoms with Crippen molar-refractivity contribution in [3.8, 4) is 16.9 Å². The van der Waals surface area contributed by atoms with Gasteiger partial charge in [-0.2, -0.15) is 13.2 Å². The van der Waals surface area contributed by atoms with Gasteiger partial charge < -0.3 is 24.3 Å². The number of alkyl halides is 3. The number of esters is 3. The molecule has 0 aliphatic rings. The summed E-state index contributed by atoms with van der Waals surface area (Å²) in [6.07, 6.45) is -4.77. The maximum absolute atomic E-state index is 13.4. The van der Waals surface area contributed by atoms with Crippen molar-refractivity contribution < 1.29 is 51.3 Å². The Balaban J connectivity index is 1.51. The molecule has 4 rings (SSSR count). The molecule has 1 N–H and O–H groups in total. The molecule has 0 aromatic heterocycles. The van der Waals surface area contributed by atoms with Crippen LogP contribution in [0.4, 0.5) is 18.9 Å². The van der Waals surface area contributed by atoms with Gasteiger partial charge in [-0.3, -0.25) is 19.2 Å². The summed E-state index contributed by atoms with van der Waals surface area (Å²) in [5.41, 5.74) is -0.872. The summed E-state index contributed by atoms with van der Waals surface area (Å²) < 4.78 is 60.6. The molecular weight excluding hydrogens is 643 g/mol. The molecule has 0 spiro atoms. The van der Waals surface area contributed by atoms with E-state index in [1.807, 2.05) is 0 Å². The maximum atomic E-state index is 13.4. The van der Waals surface area contributed by atoms with Crippen molar-refractivity contribution in [2.45, 2.75) is 31.9 Å².